The molecular weight excluding hydrogens is 234 g/mol. The molecule has 1 aromatic rings. The Hall–Kier alpha value is -1.85. The topological polar surface area (TPSA) is 75.4 Å². The van der Waals surface area contributed by atoms with Gasteiger partial charge in [-0.15, -0.1) is 0 Å². The SMILES string of the molecule is CCC1NC(=O)C(C)N(Cc2ncc(C)o2)C1=O. The number of aryl methyl sites for hydroxylation is 1. The maximum absolute atomic E-state index is 12.2. The first-order chi connectivity index (χ1) is 8.52. The van der Waals surface area contributed by atoms with Gasteiger partial charge in [-0.05, 0) is 20.3 Å². The van der Waals surface area contributed by atoms with Gasteiger partial charge in [0.05, 0.1) is 12.7 Å². The normalized spacial score (nSPS) is 24.3. The van der Waals surface area contributed by atoms with E-state index < -0.39 is 12.1 Å². The molecule has 1 aliphatic heterocycles. The van der Waals surface area contributed by atoms with Crippen LogP contribution in [-0.2, 0) is 16.1 Å². The molecule has 1 fully saturated rings. The fourth-order valence-electron chi connectivity index (χ4n) is 2.00. The molecule has 0 bridgehead atoms. The van der Waals surface area contributed by atoms with E-state index in [0.717, 1.165) is 0 Å². The quantitative estimate of drug-likeness (QED) is 0.854. The third-order valence-corrected chi connectivity index (χ3v) is 3.13. The maximum Gasteiger partial charge on any atom is 0.246 e. The van der Waals surface area contributed by atoms with Gasteiger partial charge in [0, 0.05) is 0 Å². The Kier molecular flexibility index (Phi) is 3.36. The molecule has 2 unspecified atom stereocenters. The van der Waals surface area contributed by atoms with Crippen LogP contribution in [0.1, 0.15) is 31.9 Å². The first-order valence-electron chi connectivity index (χ1n) is 6.05. The molecule has 6 heteroatoms. The van der Waals surface area contributed by atoms with Gasteiger partial charge in [-0.2, -0.15) is 0 Å². The number of oxazole rings is 1. The van der Waals surface area contributed by atoms with E-state index in [4.69, 9.17) is 4.42 Å². The van der Waals surface area contributed by atoms with Crippen molar-refractivity contribution >= 4 is 11.8 Å². The second kappa shape index (κ2) is 4.80. The molecular formula is C12H17N3O3. The van der Waals surface area contributed by atoms with Crippen LogP contribution in [0.2, 0.25) is 0 Å². The highest BCUT2D eigenvalue weighted by molar-refractivity contribution is 5.96. The predicted molar refractivity (Wildman–Crippen MR) is 63.5 cm³/mol. The van der Waals surface area contributed by atoms with Crippen molar-refractivity contribution in [2.45, 2.75) is 45.8 Å². The van der Waals surface area contributed by atoms with E-state index in [1.807, 2.05) is 6.92 Å². The average molecular weight is 251 g/mol. The Morgan fingerprint density at radius 3 is 2.78 bits per heavy atom. The van der Waals surface area contributed by atoms with Crippen molar-refractivity contribution in [2.24, 2.45) is 0 Å². The van der Waals surface area contributed by atoms with Crippen molar-refractivity contribution in [3.63, 3.8) is 0 Å². The highest BCUT2D eigenvalue weighted by atomic mass is 16.4. The van der Waals surface area contributed by atoms with E-state index in [0.29, 0.717) is 18.1 Å². The third kappa shape index (κ3) is 2.23. The molecule has 2 heterocycles. The van der Waals surface area contributed by atoms with Crippen LogP contribution in [0.5, 0.6) is 0 Å². The molecule has 2 atom stereocenters. The number of aromatic nitrogens is 1. The number of hydrogen-bond acceptors (Lipinski definition) is 4. The minimum atomic E-state index is -0.493. The van der Waals surface area contributed by atoms with Gasteiger partial charge in [0.15, 0.2) is 0 Å². The summed E-state index contributed by atoms with van der Waals surface area (Å²) in [4.78, 5) is 29.5. The molecule has 6 nitrogen and oxygen atoms in total. The summed E-state index contributed by atoms with van der Waals surface area (Å²) in [6.07, 6.45) is 2.18. The van der Waals surface area contributed by atoms with Gasteiger partial charge < -0.3 is 14.6 Å². The van der Waals surface area contributed by atoms with Gasteiger partial charge in [-0.1, -0.05) is 6.92 Å². The maximum atomic E-state index is 12.2. The molecule has 1 N–H and O–H groups in total. The summed E-state index contributed by atoms with van der Waals surface area (Å²) in [6, 6.07) is -0.933. The minimum absolute atomic E-state index is 0.0829. The van der Waals surface area contributed by atoms with Gasteiger partial charge in [0.1, 0.15) is 17.8 Å². The van der Waals surface area contributed by atoms with Crippen LogP contribution in [0.15, 0.2) is 10.6 Å². The number of nitrogens with zero attached hydrogens (tertiary/aromatic N) is 2. The molecule has 0 spiro atoms. The largest absolute Gasteiger partial charge is 0.444 e. The van der Waals surface area contributed by atoms with Gasteiger partial charge in [0.2, 0.25) is 17.7 Å². The fraction of sp³-hybridized carbons (Fsp3) is 0.583. The van der Waals surface area contributed by atoms with E-state index >= 15 is 0 Å². The Morgan fingerprint density at radius 1 is 1.50 bits per heavy atom. The molecule has 0 saturated carbocycles. The number of hydrogen-bond donors (Lipinski definition) is 1. The lowest BCUT2D eigenvalue weighted by molar-refractivity contribution is -0.149. The summed E-state index contributed by atoms with van der Waals surface area (Å²) < 4.78 is 5.35. The van der Waals surface area contributed by atoms with Crippen molar-refractivity contribution in [3.8, 4) is 0 Å². The molecule has 1 saturated heterocycles. The molecule has 2 amide bonds. The highest BCUT2D eigenvalue weighted by Gasteiger charge is 2.37. The number of carbonyl (C=O) groups excluding carboxylic acids is 2. The second-order valence-corrected chi connectivity index (χ2v) is 4.48. The Bertz CT molecular complexity index is 469. The third-order valence-electron chi connectivity index (χ3n) is 3.13. The number of amides is 2. The van der Waals surface area contributed by atoms with Crippen molar-refractivity contribution in [3.05, 3.63) is 17.8 Å². The zero-order valence-electron chi connectivity index (χ0n) is 10.8. The molecule has 0 aromatic carbocycles. The number of carbonyl (C=O) groups is 2. The van der Waals surface area contributed by atoms with Crippen LogP contribution in [0.3, 0.4) is 0 Å². The van der Waals surface area contributed by atoms with Crippen LogP contribution in [0.4, 0.5) is 0 Å². The molecule has 0 radical (unpaired) electrons. The predicted octanol–water partition coefficient (Wildman–Crippen LogP) is 0.609. The van der Waals surface area contributed by atoms with Crippen LogP contribution in [0.25, 0.3) is 0 Å². The van der Waals surface area contributed by atoms with Gasteiger partial charge in [-0.25, -0.2) is 4.98 Å². The summed E-state index contributed by atoms with van der Waals surface area (Å²) in [5, 5.41) is 2.71. The van der Waals surface area contributed by atoms with Crippen LogP contribution < -0.4 is 5.32 Å². The van der Waals surface area contributed by atoms with Gasteiger partial charge >= 0.3 is 0 Å². The first-order valence-corrected chi connectivity index (χ1v) is 6.05. The molecule has 0 aliphatic carbocycles. The summed E-state index contributed by atoms with van der Waals surface area (Å²) in [7, 11) is 0. The van der Waals surface area contributed by atoms with Gasteiger partial charge in [-0.3, -0.25) is 9.59 Å². The standard InChI is InChI=1S/C12H17N3O3/c1-4-9-12(17)15(8(3)11(16)14-9)6-10-13-5-7(2)18-10/h5,8-9H,4,6H2,1-3H3,(H,14,16). The van der Waals surface area contributed by atoms with E-state index in [-0.39, 0.29) is 18.4 Å². The van der Waals surface area contributed by atoms with Crippen LogP contribution in [-0.4, -0.2) is 33.8 Å². The van der Waals surface area contributed by atoms with E-state index in [1.165, 1.54) is 4.90 Å². The summed E-state index contributed by atoms with van der Waals surface area (Å²) in [6.45, 7) is 5.60. The number of rotatable bonds is 3. The molecule has 2 rings (SSSR count). The van der Waals surface area contributed by atoms with Gasteiger partial charge in [0.25, 0.3) is 0 Å². The van der Waals surface area contributed by atoms with Crippen molar-refractivity contribution in [1.29, 1.82) is 0 Å². The lowest BCUT2D eigenvalue weighted by Gasteiger charge is -2.36. The van der Waals surface area contributed by atoms with E-state index in [9.17, 15) is 9.59 Å². The smallest absolute Gasteiger partial charge is 0.246 e. The number of piperazine rings is 1. The lowest BCUT2D eigenvalue weighted by Crippen LogP contribution is -2.61. The number of nitrogens with one attached hydrogen (secondary N) is 1. The van der Waals surface area contributed by atoms with E-state index in [1.54, 1.807) is 20.0 Å². The zero-order valence-corrected chi connectivity index (χ0v) is 10.8. The fourth-order valence-corrected chi connectivity index (χ4v) is 2.00. The summed E-state index contributed by atoms with van der Waals surface area (Å²) in [5.74, 6) is 0.932. The first kappa shape index (κ1) is 12.6. The highest BCUT2D eigenvalue weighted by Crippen LogP contribution is 2.15. The minimum Gasteiger partial charge on any atom is -0.444 e. The van der Waals surface area contributed by atoms with E-state index in [2.05, 4.69) is 10.3 Å². The summed E-state index contributed by atoms with van der Waals surface area (Å²) in [5.41, 5.74) is 0. The molecule has 1 aromatic heterocycles. The molecule has 1 aliphatic rings. The molecule has 18 heavy (non-hydrogen) atoms. The Morgan fingerprint density at radius 2 is 2.22 bits per heavy atom. The monoisotopic (exact) mass is 251 g/mol. The van der Waals surface area contributed by atoms with Crippen LogP contribution >= 0.6 is 0 Å². The summed E-state index contributed by atoms with van der Waals surface area (Å²) >= 11 is 0. The van der Waals surface area contributed by atoms with Crippen LogP contribution in [0, 0.1) is 6.92 Å². The average Bonchev–Trinajstić information content (AvgIpc) is 2.75. The van der Waals surface area contributed by atoms with Crippen molar-refractivity contribution in [1.82, 2.24) is 15.2 Å². The second-order valence-electron chi connectivity index (χ2n) is 4.48. The Labute approximate surface area is 105 Å². The molecule has 98 valence electrons. The zero-order chi connectivity index (χ0) is 13.3. The van der Waals surface area contributed by atoms with Crippen molar-refractivity contribution in [2.75, 3.05) is 0 Å². The van der Waals surface area contributed by atoms with Crippen molar-refractivity contribution < 1.29 is 14.0 Å². The Balaban J connectivity index is 2.17. The lowest BCUT2D eigenvalue weighted by atomic mass is 10.1.